The zero-order valence-electron chi connectivity index (χ0n) is 14.4. The van der Waals surface area contributed by atoms with Crippen molar-refractivity contribution in [1.82, 2.24) is 0 Å². The molecule has 0 unspecified atom stereocenters. The van der Waals surface area contributed by atoms with Crippen molar-refractivity contribution in [2.45, 2.75) is 47.0 Å². The summed E-state index contributed by atoms with van der Waals surface area (Å²) in [5, 5.41) is 1.35. The SMILES string of the molecule is CCCC1=C(C(C)(C)C)[C-]=CC1.[Cl-].[Cl-].[Cl-].[SiH2]c1ccccc1.[Ti+4]. The third kappa shape index (κ3) is 12.5. The molecule has 0 saturated heterocycles. The minimum absolute atomic E-state index is 0. The second-order valence-electron chi connectivity index (χ2n) is 6.02. The van der Waals surface area contributed by atoms with E-state index in [9.17, 15) is 0 Å². The summed E-state index contributed by atoms with van der Waals surface area (Å²) in [6, 6.07) is 10.3. The Hall–Kier alpha value is 0.501. The van der Waals surface area contributed by atoms with Crippen LogP contribution in [0.15, 0.2) is 47.6 Å². The van der Waals surface area contributed by atoms with Crippen LogP contribution in [0.25, 0.3) is 0 Å². The first-order chi connectivity index (χ1) is 8.95. The summed E-state index contributed by atoms with van der Waals surface area (Å²) in [6.07, 6.45) is 9.20. The molecule has 1 aromatic carbocycles. The molecule has 0 amide bonds. The van der Waals surface area contributed by atoms with Gasteiger partial charge in [0.05, 0.1) is 0 Å². The van der Waals surface area contributed by atoms with Crippen molar-refractivity contribution in [3.05, 3.63) is 53.6 Å². The van der Waals surface area contributed by atoms with Crippen molar-refractivity contribution in [3.63, 3.8) is 0 Å². The zero-order chi connectivity index (χ0) is 14.3. The van der Waals surface area contributed by atoms with E-state index in [0.717, 1.165) is 6.42 Å². The van der Waals surface area contributed by atoms with E-state index in [4.69, 9.17) is 0 Å². The summed E-state index contributed by atoms with van der Waals surface area (Å²) in [4.78, 5) is 0. The monoisotopic (exact) mass is 423 g/mol. The summed E-state index contributed by atoms with van der Waals surface area (Å²) >= 11 is 0. The molecule has 2 rings (SSSR count). The Morgan fingerprint density at radius 3 is 1.91 bits per heavy atom. The van der Waals surface area contributed by atoms with Crippen LogP contribution >= 0.6 is 0 Å². The van der Waals surface area contributed by atoms with Gasteiger partial charge in [-0.2, -0.15) is 6.08 Å². The molecule has 5 heteroatoms. The summed E-state index contributed by atoms with van der Waals surface area (Å²) in [5.74, 6) is 0. The molecule has 0 spiro atoms. The van der Waals surface area contributed by atoms with E-state index < -0.39 is 0 Å². The number of benzene rings is 1. The predicted octanol–water partition coefficient (Wildman–Crippen LogP) is -5.15. The largest absolute Gasteiger partial charge is 4.00 e. The molecular formula is C18H26Cl3SiTi. The molecule has 0 aromatic heterocycles. The Balaban J connectivity index is -0.000000145. The normalized spacial score (nSPS) is 11.9. The van der Waals surface area contributed by atoms with Gasteiger partial charge in [-0.3, -0.25) is 6.08 Å². The van der Waals surface area contributed by atoms with Crippen LogP contribution in [0.1, 0.15) is 47.0 Å². The average molecular weight is 425 g/mol. The van der Waals surface area contributed by atoms with Crippen molar-refractivity contribution in [1.29, 1.82) is 0 Å². The Bertz CT molecular complexity index is 451. The van der Waals surface area contributed by atoms with Gasteiger partial charge in [-0.05, 0) is 5.41 Å². The van der Waals surface area contributed by atoms with Gasteiger partial charge in [-0.15, -0.1) is 0 Å². The number of hydrogen-bond acceptors (Lipinski definition) is 0. The van der Waals surface area contributed by atoms with Crippen LogP contribution < -0.4 is 42.4 Å². The fourth-order valence-electron chi connectivity index (χ4n) is 2.23. The minimum Gasteiger partial charge on any atom is -1.00 e. The molecule has 0 heterocycles. The predicted molar refractivity (Wildman–Crippen MR) is 88.4 cm³/mol. The second kappa shape index (κ2) is 16.0. The van der Waals surface area contributed by atoms with Gasteiger partial charge in [0.25, 0.3) is 0 Å². The van der Waals surface area contributed by atoms with Crippen molar-refractivity contribution in [3.8, 4) is 0 Å². The summed E-state index contributed by atoms with van der Waals surface area (Å²) in [5.41, 5.74) is 3.34. The molecule has 0 nitrogen and oxygen atoms in total. The Labute approximate surface area is 179 Å². The molecule has 0 bridgehead atoms. The van der Waals surface area contributed by atoms with E-state index in [-0.39, 0.29) is 64.4 Å². The first-order valence-corrected chi connectivity index (χ1v) is 7.83. The Kier molecular flexibility index (Phi) is 21.8. The molecule has 1 aliphatic carbocycles. The van der Waals surface area contributed by atoms with Gasteiger partial charge < -0.3 is 37.2 Å². The van der Waals surface area contributed by atoms with Crippen molar-refractivity contribution >= 4 is 15.4 Å². The fraction of sp³-hybridized carbons (Fsp3) is 0.444. The molecular weight excluding hydrogens is 399 g/mol. The molecule has 0 saturated carbocycles. The average Bonchev–Trinajstić information content (AvgIpc) is 2.79. The number of rotatable bonds is 2. The summed E-state index contributed by atoms with van der Waals surface area (Å²) in [7, 11) is 1.90. The van der Waals surface area contributed by atoms with Gasteiger partial charge in [0.15, 0.2) is 0 Å². The molecule has 127 valence electrons. The molecule has 1 aromatic rings. The van der Waals surface area contributed by atoms with Crippen molar-refractivity contribution in [2.75, 3.05) is 0 Å². The summed E-state index contributed by atoms with van der Waals surface area (Å²) in [6.45, 7) is 9.05. The third-order valence-electron chi connectivity index (χ3n) is 3.09. The van der Waals surface area contributed by atoms with Crippen LogP contribution in [0, 0.1) is 11.5 Å². The minimum atomic E-state index is 0. The third-order valence-corrected chi connectivity index (χ3v) is 3.56. The first-order valence-electron chi connectivity index (χ1n) is 7.13. The van der Waals surface area contributed by atoms with Crippen LogP contribution in [0.2, 0.25) is 0 Å². The Morgan fingerprint density at radius 2 is 1.57 bits per heavy atom. The summed E-state index contributed by atoms with van der Waals surface area (Å²) < 4.78 is 0. The van der Waals surface area contributed by atoms with Crippen molar-refractivity contribution in [2.24, 2.45) is 5.41 Å². The van der Waals surface area contributed by atoms with E-state index in [1.165, 1.54) is 23.6 Å². The van der Waals surface area contributed by atoms with Crippen LogP contribution in [0.3, 0.4) is 0 Å². The number of allylic oxidation sites excluding steroid dienone is 4. The zero-order valence-corrected chi connectivity index (χ0v) is 19.7. The van der Waals surface area contributed by atoms with E-state index in [0.29, 0.717) is 0 Å². The molecule has 0 atom stereocenters. The van der Waals surface area contributed by atoms with Gasteiger partial charge >= 0.3 is 21.7 Å². The first kappa shape index (κ1) is 31.3. The molecule has 1 aliphatic rings. The van der Waals surface area contributed by atoms with Crippen LogP contribution in [0.4, 0.5) is 0 Å². The van der Waals surface area contributed by atoms with E-state index >= 15 is 0 Å². The van der Waals surface area contributed by atoms with Crippen LogP contribution in [-0.4, -0.2) is 10.2 Å². The van der Waals surface area contributed by atoms with Gasteiger partial charge in [0.2, 0.25) is 0 Å². The number of hydrogen-bond donors (Lipinski definition) is 0. The smallest absolute Gasteiger partial charge is 1.00 e. The van der Waals surface area contributed by atoms with Gasteiger partial charge in [-0.25, -0.2) is 11.1 Å². The molecule has 0 fully saturated rings. The maximum Gasteiger partial charge on any atom is 4.00 e. The quantitative estimate of drug-likeness (QED) is 0.329. The van der Waals surface area contributed by atoms with Gasteiger partial charge in [0.1, 0.15) is 0 Å². The van der Waals surface area contributed by atoms with Crippen LogP contribution in [0.5, 0.6) is 0 Å². The van der Waals surface area contributed by atoms with Crippen LogP contribution in [-0.2, 0) is 21.7 Å². The van der Waals surface area contributed by atoms with E-state index in [1.54, 1.807) is 5.57 Å². The van der Waals surface area contributed by atoms with Gasteiger partial charge in [-0.1, -0.05) is 82.5 Å². The van der Waals surface area contributed by atoms with E-state index in [1.807, 2.05) is 28.4 Å². The van der Waals surface area contributed by atoms with E-state index in [2.05, 4.69) is 52.0 Å². The Morgan fingerprint density at radius 1 is 1.04 bits per heavy atom. The maximum atomic E-state index is 3.39. The molecule has 23 heavy (non-hydrogen) atoms. The number of halogens is 3. The maximum absolute atomic E-state index is 3.39. The standard InChI is InChI=1S/C12H19.C6H7Si.3ClH.Ti/c1-5-7-10-8-6-9-11(10)12(2,3)4;7-6-4-2-1-3-5-6;;;;/h6H,5,7-8H2,1-4H3;1-5H,7H2;3*1H;/q-1;;;;;+4/p-3. The molecule has 0 N–H and O–H groups in total. The van der Waals surface area contributed by atoms with Gasteiger partial charge in [0, 0.05) is 10.2 Å². The van der Waals surface area contributed by atoms with Crippen molar-refractivity contribution < 1.29 is 58.9 Å². The topological polar surface area (TPSA) is 0 Å². The molecule has 1 radical (unpaired) electrons. The second-order valence-corrected chi connectivity index (χ2v) is 6.83. The fourth-order valence-corrected chi connectivity index (χ4v) is 2.51. The molecule has 0 aliphatic heterocycles.